The average Bonchev–Trinajstić information content (AvgIpc) is 2.39. The van der Waals surface area contributed by atoms with Crippen molar-refractivity contribution >= 4 is 31.9 Å². The molecule has 0 saturated carbocycles. The van der Waals surface area contributed by atoms with Gasteiger partial charge in [0.2, 0.25) is 0 Å². The van der Waals surface area contributed by atoms with E-state index in [1.807, 2.05) is 45.0 Å². The summed E-state index contributed by atoms with van der Waals surface area (Å²) in [6.45, 7) is 6.66. The zero-order valence-electron chi connectivity index (χ0n) is 12.3. The van der Waals surface area contributed by atoms with E-state index in [1.165, 1.54) is 0 Å². The van der Waals surface area contributed by atoms with E-state index in [0.29, 0.717) is 5.56 Å². The van der Waals surface area contributed by atoms with E-state index in [1.54, 1.807) is 6.07 Å². The number of rotatable bonds is 4. The highest BCUT2D eigenvalue weighted by atomic mass is 79.9. The van der Waals surface area contributed by atoms with Crippen LogP contribution in [0.3, 0.4) is 0 Å². The van der Waals surface area contributed by atoms with Crippen molar-refractivity contribution in [2.24, 2.45) is 0 Å². The molecule has 0 aliphatic heterocycles. The first-order chi connectivity index (χ1) is 9.93. The van der Waals surface area contributed by atoms with Gasteiger partial charge >= 0.3 is 0 Å². The van der Waals surface area contributed by atoms with Crippen molar-refractivity contribution in [1.29, 1.82) is 0 Å². The number of aryl methyl sites for hydroxylation is 2. The molecule has 21 heavy (non-hydrogen) atoms. The van der Waals surface area contributed by atoms with Crippen molar-refractivity contribution in [3.8, 4) is 0 Å². The molecule has 1 atom stereocenters. The number of halogens is 3. The lowest BCUT2D eigenvalue weighted by molar-refractivity contribution is 0.554. The third-order valence-corrected chi connectivity index (χ3v) is 4.66. The SMILES string of the molecule is CCNC(c1cc(Br)ccc1Br)c1c(C)cc(C)cc1F. The topological polar surface area (TPSA) is 12.0 Å². The Morgan fingerprint density at radius 2 is 1.86 bits per heavy atom. The van der Waals surface area contributed by atoms with Gasteiger partial charge in [0.15, 0.2) is 0 Å². The number of hydrogen-bond acceptors (Lipinski definition) is 1. The summed E-state index contributed by atoms with van der Waals surface area (Å²) in [6, 6.07) is 9.41. The lowest BCUT2D eigenvalue weighted by Crippen LogP contribution is -2.24. The number of nitrogens with one attached hydrogen (secondary N) is 1. The molecule has 2 aromatic carbocycles. The molecule has 0 bridgehead atoms. The summed E-state index contributed by atoms with van der Waals surface area (Å²) >= 11 is 7.07. The van der Waals surface area contributed by atoms with E-state index in [-0.39, 0.29) is 11.9 Å². The molecule has 0 radical (unpaired) electrons. The Bertz CT molecular complexity index is 632. The number of hydrogen-bond donors (Lipinski definition) is 1. The van der Waals surface area contributed by atoms with Gasteiger partial charge in [0.1, 0.15) is 5.82 Å². The van der Waals surface area contributed by atoms with Crippen molar-refractivity contribution in [3.63, 3.8) is 0 Å². The third-order valence-electron chi connectivity index (χ3n) is 3.45. The molecule has 1 nitrogen and oxygen atoms in total. The van der Waals surface area contributed by atoms with Crippen molar-refractivity contribution in [1.82, 2.24) is 5.32 Å². The second kappa shape index (κ2) is 7.03. The van der Waals surface area contributed by atoms with Crippen molar-refractivity contribution in [3.05, 3.63) is 67.3 Å². The molecule has 0 aliphatic rings. The molecule has 112 valence electrons. The van der Waals surface area contributed by atoms with Gasteiger partial charge in [0.05, 0.1) is 6.04 Å². The second-order valence-electron chi connectivity index (χ2n) is 5.13. The molecule has 1 N–H and O–H groups in total. The second-order valence-corrected chi connectivity index (χ2v) is 6.90. The summed E-state index contributed by atoms with van der Waals surface area (Å²) in [7, 11) is 0. The molecule has 0 heterocycles. The minimum Gasteiger partial charge on any atom is -0.306 e. The Morgan fingerprint density at radius 1 is 1.14 bits per heavy atom. The van der Waals surface area contributed by atoms with Crippen LogP contribution in [0.5, 0.6) is 0 Å². The predicted molar refractivity (Wildman–Crippen MR) is 93.2 cm³/mol. The molecule has 0 saturated heterocycles. The molecule has 2 aromatic rings. The first kappa shape index (κ1) is 16.7. The highest BCUT2D eigenvalue weighted by molar-refractivity contribution is 9.11. The van der Waals surface area contributed by atoms with Crippen LogP contribution in [0.1, 0.15) is 35.2 Å². The third kappa shape index (κ3) is 3.74. The van der Waals surface area contributed by atoms with Crippen LogP contribution in [0.4, 0.5) is 4.39 Å². The fourth-order valence-electron chi connectivity index (χ4n) is 2.60. The Hall–Kier alpha value is -0.710. The Labute approximate surface area is 142 Å². The summed E-state index contributed by atoms with van der Waals surface area (Å²) in [6.07, 6.45) is 0. The normalized spacial score (nSPS) is 12.5. The van der Waals surface area contributed by atoms with Crippen LogP contribution in [0.25, 0.3) is 0 Å². The van der Waals surface area contributed by atoms with E-state index in [2.05, 4.69) is 37.2 Å². The van der Waals surface area contributed by atoms with Crippen molar-refractivity contribution < 1.29 is 4.39 Å². The minimum absolute atomic E-state index is 0.162. The molecular weight excluding hydrogens is 397 g/mol. The molecular formula is C17H18Br2FN. The van der Waals surface area contributed by atoms with Crippen LogP contribution in [-0.2, 0) is 0 Å². The van der Waals surface area contributed by atoms with Crippen LogP contribution in [0.2, 0.25) is 0 Å². The smallest absolute Gasteiger partial charge is 0.128 e. The summed E-state index contributed by atoms with van der Waals surface area (Å²) < 4.78 is 16.5. The van der Waals surface area contributed by atoms with Gasteiger partial charge in [0.25, 0.3) is 0 Å². The van der Waals surface area contributed by atoms with Crippen molar-refractivity contribution in [2.45, 2.75) is 26.8 Å². The first-order valence-corrected chi connectivity index (χ1v) is 8.47. The van der Waals surface area contributed by atoms with Crippen LogP contribution in [0, 0.1) is 19.7 Å². The van der Waals surface area contributed by atoms with Gasteiger partial charge in [-0.3, -0.25) is 0 Å². The maximum absolute atomic E-state index is 14.5. The van der Waals surface area contributed by atoms with Crippen molar-refractivity contribution in [2.75, 3.05) is 6.54 Å². The summed E-state index contributed by atoms with van der Waals surface area (Å²) in [5, 5.41) is 3.39. The van der Waals surface area contributed by atoms with Crippen LogP contribution >= 0.6 is 31.9 Å². The Balaban J connectivity index is 2.61. The fourth-order valence-corrected chi connectivity index (χ4v) is 3.45. The van der Waals surface area contributed by atoms with Gasteiger partial charge < -0.3 is 5.32 Å². The summed E-state index contributed by atoms with van der Waals surface area (Å²) in [5.74, 6) is -0.162. The molecule has 2 rings (SSSR count). The lowest BCUT2D eigenvalue weighted by Gasteiger charge is -2.23. The maximum atomic E-state index is 14.5. The van der Waals surface area contributed by atoms with Gasteiger partial charge in [-0.05, 0) is 61.3 Å². The quantitative estimate of drug-likeness (QED) is 0.679. The first-order valence-electron chi connectivity index (χ1n) is 6.89. The van der Waals surface area contributed by atoms with E-state index < -0.39 is 0 Å². The number of benzene rings is 2. The summed E-state index contributed by atoms with van der Waals surface area (Å²) in [5.41, 5.74) is 3.64. The van der Waals surface area contributed by atoms with E-state index in [4.69, 9.17) is 0 Å². The van der Waals surface area contributed by atoms with Gasteiger partial charge in [-0.2, -0.15) is 0 Å². The lowest BCUT2D eigenvalue weighted by atomic mass is 9.93. The molecule has 1 unspecified atom stereocenters. The van der Waals surface area contributed by atoms with Crippen LogP contribution in [-0.4, -0.2) is 6.54 Å². The maximum Gasteiger partial charge on any atom is 0.128 e. The fraction of sp³-hybridized carbons (Fsp3) is 0.294. The van der Waals surface area contributed by atoms with Crippen LogP contribution in [0.15, 0.2) is 39.3 Å². The average molecular weight is 415 g/mol. The van der Waals surface area contributed by atoms with Gasteiger partial charge in [-0.1, -0.05) is 44.8 Å². The van der Waals surface area contributed by atoms with Gasteiger partial charge in [-0.25, -0.2) is 4.39 Å². The monoisotopic (exact) mass is 413 g/mol. The molecule has 0 spiro atoms. The molecule has 0 aromatic heterocycles. The largest absolute Gasteiger partial charge is 0.306 e. The van der Waals surface area contributed by atoms with E-state index in [9.17, 15) is 4.39 Å². The van der Waals surface area contributed by atoms with E-state index in [0.717, 1.165) is 32.2 Å². The molecule has 0 aliphatic carbocycles. The highest BCUT2D eigenvalue weighted by Crippen LogP contribution is 2.34. The van der Waals surface area contributed by atoms with Crippen LogP contribution < -0.4 is 5.32 Å². The van der Waals surface area contributed by atoms with Gasteiger partial charge in [-0.15, -0.1) is 0 Å². The molecule has 0 amide bonds. The summed E-state index contributed by atoms with van der Waals surface area (Å²) in [4.78, 5) is 0. The highest BCUT2D eigenvalue weighted by Gasteiger charge is 2.22. The van der Waals surface area contributed by atoms with E-state index >= 15 is 0 Å². The minimum atomic E-state index is -0.178. The molecule has 0 fully saturated rings. The Morgan fingerprint density at radius 3 is 2.48 bits per heavy atom. The Kier molecular flexibility index (Phi) is 5.58. The van der Waals surface area contributed by atoms with Gasteiger partial charge in [0, 0.05) is 14.5 Å². The molecule has 4 heteroatoms. The zero-order chi connectivity index (χ0) is 15.6. The standard InChI is InChI=1S/C17H18Br2FN/c1-4-21-17(13-9-12(18)5-6-14(13)19)16-11(3)7-10(2)8-15(16)20/h5-9,17,21H,4H2,1-3H3. The zero-order valence-corrected chi connectivity index (χ0v) is 15.5. The predicted octanol–water partition coefficient (Wildman–Crippen LogP) is 5.67.